The number of hydrogen-bond acceptors (Lipinski definition) is 5. The lowest BCUT2D eigenvalue weighted by atomic mass is 9.76. The molecule has 0 saturated carbocycles. The second-order valence-electron chi connectivity index (χ2n) is 12.7. The molecule has 5 nitrogen and oxygen atoms in total. The van der Waals surface area contributed by atoms with Gasteiger partial charge in [-0.15, -0.1) is 0 Å². The van der Waals surface area contributed by atoms with Crippen molar-refractivity contribution in [1.29, 1.82) is 0 Å². The third-order valence-corrected chi connectivity index (χ3v) is 9.37. The zero-order valence-corrected chi connectivity index (χ0v) is 25.9. The molecular formula is C36H53N2O3-. The van der Waals surface area contributed by atoms with E-state index in [4.69, 9.17) is 4.74 Å². The topological polar surface area (TPSA) is 59.0 Å². The Hall–Kier alpha value is -2.50. The maximum absolute atomic E-state index is 11.4. The Morgan fingerprint density at radius 2 is 1.34 bits per heavy atom. The first-order chi connectivity index (χ1) is 19.9. The fraction of sp³-hybridized carbons (Fsp3) is 0.611. The number of nitrogens with zero attached hydrogens (tertiary/aromatic N) is 2. The van der Waals surface area contributed by atoms with Gasteiger partial charge < -0.3 is 20.1 Å². The lowest BCUT2D eigenvalue weighted by Gasteiger charge is -2.47. The Balaban J connectivity index is 1.22. The van der Waals surface area contributed by atoms with Gasteiger partial charge in [-0.05, 0) is 62.2 Å². The van der Waals surface area contributed by atoms with Crippen LogP contribution >= 0.6 is 0 Å². The standard InChI is InChI=1S/C36H53N2O3/c1-4-5-6-7-8-9-10-11-12-13-14-15-16-17-18-21-28-37-33-23-20-19-22-32(33)35(2,3)36(37)27-26-30-29-31(38(39)40)24-25-34(30)41-36/h19-20,22-27,29,39H,4-18,21,28H2,1-3H3/q-1/t36-/m0/s1. The minimum absolute atomic E-state index is 0.0998. The monoisotopic (exact) mass is 561 g/mol. The van der Waals surface area contributed by atoms with Crippen molar-refractivity contribution in [3.63, 3.8) is 0 Å². The van der Waals surface area contributed by atoms with Crippen LogP contribution in [-0.2, 0) is 5.41 Å². The molecule has 0 radical (unpaired) electrons. The predicted molar refractivity (Wildman–Crippen MR) is 173 cm³/mol. The molecule has 0 aromatic heterocycles. The predicted octanol–water partition coefficient (Wildman–Crippen LogP) is 10.5. The first-order valence-corrected chi connectivity index (χ1v) is 16.5. The molecule has 0 bridgehead atoms. The first kappa shape index (κ1) is 31.4. The van der Waals surface area contributed by atoms with Crippen LogP contribution in [0, 0.1) is 5.21 Å². The highest BCUT2D eigenvalue weighted by Gasteiger charge is 2.58. The van der Waals surface area contributed by atoms with Gasteiger partial charge in [0.05, 0.1) is 11.1 Å². The van der Waals surface area contributed by atoms with Crippen LogP contribution in [0.1, 0.15) is 135 Å². The van der Waals surface area contributed by atoms with Crippen LogP contribution in [0.3, 0.4) is 0 Å². The molecule has 0 aliphatic carbocycles. The van der Waals surface area contributed by atoms with Crippen LogP contribution in [0.5, 0.6) is 5.75 Å². The van der Waals surface area contributed by atoms with Crippen LogP contribution in [0.4, 0.5) is 11.4 Å². The van der Waals surface area contributed by atoms with Crippen molar-refractivity contribution in [1.82, 2.24) is 0 Å². The van der Waals surface area contributed by atoms with Crippen molar-refractivity contribution >= 4 is 17.5 Å². The average molecular weight is 562 g/mol. The third-order valence-electron chi connectivity index (χ3n) is 9.37. The summed E-state index contributed by atoms with van der Waals surface area (Å²) in [6, 6.07) is 13.7. The van der Waals surface area contributed by atoms with Crippen LogP contribution in [0.25, 0.3) is 6.08 Å². The maximum Gasteiger partial charge on any atom is 0.212 e. The summed E-state index contributed by atoms with van der Waals surface area (Å²) in [5, 5.41) is 20.7. The molecule has 0 amide bonds. The molecule has 2 aliphatic heterocycles. The number of hydrogen-bond donors (Lipinski definition) is 1. The van der Waals surface area contributed by atoms with Crippen LogP contribution < -0.4 is 14.9 Å². The highest BCUT2D eigenvalue weighted by Crippen LogP contribution is 2.55. The van der Waals surface area contributed by atoms with E-state index in [1.165, 1.54) is 108 Å². The van der Waals surface area contributed by atoms with Crippen molar-refractivity contribution in [2.75, 3.05) is 16.7 Å². The van der Waals surface area contributed by atoms with Gasteiger partial charge in [0.1, 0.15) is 5.75 Å². The largest absolute Gasteiger partial charge is 0.733 e. The van der Waals surface area contributed by atoms with E-state index in [2.05, 4.69) is 56.0 Å². The smallest absolute Gasteiger partial charge is 0.212 e. The molecule has 226 valence electrons. The number of para-hydroxylation sites is 1. The van der Waals surface area contributed by atoms with Gasteiger partial charge in [-0.3, -0.25) is 5.21 Å². The normalized spacial score (nSPS) is 18.4. The first-order valence-electron chi connectivity index (χ1n) is 16.5. The van der Waals surface area contributed by atoms with E-state index in [1.807, 2.05) is 6.08 Å². The lowest BCUT2D eigenvalue weighted by Crippen LogP contribution is -2.59. The third kappa shape index (κ3) is 7.48. The van der Waals surface area contributed by atoms with Crippen LogP contribution in [0.2, 0.25) is 0 Å². The summed E-state index contributed by atoms with van der Waals surface area (Å²) < 4.78 is 6.84. The van der Waals surface area contributed by atoms with Gasteiger partial charge in [0, 0.05) is 17.8 Å². The Morgan fingerprint density at radius 3 is 1.93 bits per heavy atom. The minimum atomic E-state index is -0.642. The Bertz CT molecular complexity index is 1110. The average Bonchev–Trinajstić information content (AvgIpc) is 3.15. The van der Waals surface area contributed by atoms with E-state index < -0.39 is 5.72 Å². The number of ether oxygens (including phenoxy) is 1. The van der Waals surface area contributed by atoms with Gasteiger partial charge in [-0.25, -0.2) is 0 Å². The van der Waals surface area contributed by atoms with Crippen molar-refractivity contribution < 1.29 is 9.94 Å². The summed E-state index contributed by atoms with van der Waals surface area (Å²) in [7, 11) is 0. The SMILES string of the molecule is CCCCCCCCCCCCCCCCCCN1c2ccccc2C(C)(C)[C@@]12C=Cc1cc(N([O-])O)ccc1O2. The summed E-state index contributed by atoms with van der Waals surface area (Å²) in [6.07, 6.45) is 26.0. The number of fused-ring (bicyclic) bond motifs is 2. The lowest BCUT2D eigenvalue weighted by molar-refractivity contribution is 0.0531. The van der Waals surface area contributed by atoms with E-state index >= 15 is 0 Å². The van der Waals surface area contributed by atoms with E-state index in [9.17, 15) is 10.4 Å². The van der Waals surface area contributed by atoms with Crippen LogP contribution in [0.15, 0.2) is 48.5 Å². The van der Waals surface area contributed by atoms with Gasteiger partial charge in [0.25, 0.3) is 0 Å². The molecule has 1 spiro atoms. The van der Waals surface area contributed by atoms with Crippen molar-refractivity contribution in [3.8, 4) is 5.75 Å². The van der Waals surface area contributed by atoms with Gasteiger partial charge in [0.2, 0.25) is 5.72 Å². The quantitative estimate of drug-likeness (QED) is 0.145. The summed E-state index contributed by atoms with van der Waals surface area (Å²) in [6.45, 7) is 7.74. The molecule has 1 N–H and O–H groups in total. The zero-order valence-electron chi connectivity index (χ0n) is 25.9. The molecule has 0 saturated heterocycles. The Morgan fingerprint density at radius 1 is 0.780 bits per heavy atom. The second-order valence-corrected chi connectivity index (χ2v) is 12.7. The number of benzene rings is 2. The van der Waals surface area contributed by atoms with Crippen molar-refractivity contribution in [3.05, 3.63) is 64.9 Å². The number of unbranched alkanes of at least 4 members (excludes halogenated alkanes) is 15. The molecular weight excluding hydrogens is 508 g/mol. The van der Waals surface area contributed by atoms with E-state index in [-0.39, 0.29) is 16.3 Å². The highest BCUT2D eigenvalue weighted by molar-refractivity contribution is 5.73. The van der Waals surface area contributed by atoms with Gasteiger partial charge in [-0.1, -0.05) is 121 Å². The fourth-order valence-electron chi connectivity index (χ4n) is 6.81. The summed E-state index contributed by atoms with van der Waals surface area (Å²) >= 11 is 0. The maximum atomic E-state index is 11.4. The van der Waals surface area contributed by atoms with Gasteiger partial charge in [0.15, 0.2) is 0 Å². The Kier molecular flexibility index (Phi) is 11.6. The van der Waals surface area contributed by atoms with Crippen molar-refractivity contribution in [2.24, 2.45) is 0 Å². The second kappa shape index (κ2) is 15.1. The fourth-order valence-corrected chi connectivity index (χ4v) is 6.81. The van der Waals surface area contributed by atoms with Gasteiger partial charge >= 0.3 is 0 Å². The number of anilines is 2. The van der Waals surface area contributed by atoms with Crippen molar-refractivity contribution in [2.45, 2.75) is 135 Å². The van der Waals surface area contributed by atoms with E-state index in [1.54, 1.807) is 18.2 Å². The Labute approximate surface area is 249 Å². The summed E-state index contributed by atoms with van der Waals surface area (Å²) in [5.41, 5.74) is 2.63. The van der Waals surface area contributed by atoms with Crippen LogP contribution in [-0.4, -0.2) is 17.5 Å². The highest BCUT2D eigenvalue weighted by atomic mass is 16.8. The molecule has 2 heterocycles. The molecule has 0 fully saturated rings. The molecule has 41 heavy (non-hydrogen) atoms. The molecule has 4 rings (SSSR count). The summed E-state index contributed by atoms with van der Waals surface area (Å²) in [4.78, 5) is 2.45. The molecule has 2 aliphatic rings. The van der Waals surface area contributed by atoms with E-state index in [0.717, 1.165) is 24.3 Å². The summed E-state index contributed by atoms with van der Waals surface area (Å²) in [5.74, 6) is 0.732. The molecule has 2 aromatic rings. The zero-order chi connectivity index (χ0) is 29.1. The minimum Gasteiger partial charge on any atom is -0.733 e. The van der Waals surface area contributed by atoms with E-state index in [0.29, 0.717) is 0 Å². The molecule has 1 atom stereocenters. The number of rotatable bonds is 18. The van der Waals surface area contributed by atoms with Gasteiger partial charge in [-0.2, -0.15) is 0 Å². The molecule has 2 aromatic carbocycles. The molecule has 5 heteroatoms. The molecule has 0 unspecified atom stereocenters.